The Hall–Kier alpha value is -0.300. The molecule has 0 saturated carbocycles. The van der Waals surface area contributed by atoms with Gasteiger partial charge in [0.1, 0.15) is 0 Å². The maximum absolute atomic E-state index is 10.2. The van der Waals surface area contributed by atoms with E-state index in [0.717, 1.165) is 19.3 Å². The van der Waals surface area contributed by atoms with Crippen LogP contribution in [0, 0.1) is 11.3 Å². The molecule has 0 saturated heterocycles. The van der Waals surface area contributed by atoms with Crippen LogP contribution in [0.5, 0.6) is 0 Å². The monoisotopic (exact) mass is 182 g/mol. The molecule has 1 aliphatic rings. The Morgan fingerprint density at radius 3 is 2.46 bits per heavy atom. The van der Waals surface area contributed by atoms with Gasteiger partial charge in [0, 0.05) is 0 Å². The van der Waals surface area contributed by atoms with Crippen LogP contribution in [0.2, 0.25) is 0 Å². The normalized spacial score (nSPS) is 35.0. The van der Waals surface area contributed by atoms with Gasteiger partial charge in [0.2, 0.25) is 0 Å². The van der Waals surface area contributed by atoms with E-state index in [2.05, 4.69) is 33.8 Å². The fourth-order valence-electron chi connectivity index (χ4n) is 2.07. The van der Waals surface area contributed by atoms with E-state index in [-0.39, 0.29) is 5.41 Å². The van der Waals surface area contributed by atoms with Gasteiger partial charge in [-0.05, 0) is 30.6 Å². The Kier molecular flexibility index (Phi) is 2.86. The molecule has 0 radical (unpaired) electrons. The summed E-state index contributed by atoms with van der Waals surface area (Å²) in [5.74, 6) is 0.639. The molecule has 76 valence electrons. The van der Waals surface area contributed by atoms with Gasteiger partial charge >= 0.3 is 0 Å². The highest BCUT2D eigenvalue weighted by Gasteiger charge is 2.31. The molecule has 1 heteroatoms. The highest BCUT2D eigenvalue weighted by Crippen LogP contribution is 2.35. The zero-order valence-corrected chi connectivity index (χ0v) is 9.30. The topological polar surface area (TPSA) is 20.2 Å². The van der Waals surface area contributed by atoms with Gasteiger partial charge in [-0.3, -0.25) is 0 Å². The second-order valence-electron chi connectivity index (χ2n) is 5.72. The third kappa shape index (κ3) is 3.51. The zero-order valence-electron chi connectivity index (χ0n) is 9.30. The average molecular weight is 182 g/mol. The first-order valence-corrected chi connectivity index (χ1v) is 5.23. The lowest BCUT2D eigenvalue weighted by Gasteiger charge is -2.35. The van der Waals surface area contributed by atoms with Crippen molar-refractivity contribution in [3.63, 3.8) is 0 Å². The average Bonchev–Trinajstić information content (AvgIpc) is 1.92. The molecule has 0 aromatic heterocycles. The quantitative estimate of drug-likeness (QED) is 0.618. The summed E-state index contributed by atoms with van der Waals surface area (Å²) in [7, 11) is 0. The molecule has 2 unspecified atom stereocenters. The van der Waals surface area contributed by atoms with E-state index in [0.29, 0.717) is 5.92 Å². The largest absolute Gasteiger partial charge is 0.386 e. The molecule has 0 bridgehead atoms. The minimum Gasteiger partial charge on any atom is -0.386 e. The van der Waals surface area contributed by atoms with Gasteiger partial charge in [0.15, 0.2) is 0 Å². The molecule has 0 fully saturated rings. The van der Waals surface area contributed by atoms with E-state index in [1.54, 1.807) is 0 Å². The second kappa shape index (κ2) is 3.45. The number of rotatable bonds is 1. The molecule has 1 aliphatic carbocycles. The summed E-state index contributed by atoms with van der Waals surface area (Å²) in [6.45, 7) is 8.73. The van der Waals surface area contributed by atoms with Gasteiger partial charge in [-0.25, -0.2) is 0 Å². The zero-order chi connectivity index (χ0) is 10.1. The maximum atomic E-state index is 10.2. The van der Waals surface area contributed by atoms with E-state index in [1.807, 2.05) is 6.08 Å². The molecular formula is C12H22O. The molecule has 0 aromatic carbocycles. The SMILES string of the molecule is CC1C=CC(O)(CC(C)(C)C)CC1. The summed E-state index contributed by atoms with van der Waals surface area (Å²) >= 11 is 0. The maximum Gasteiger partial charge on any atom is 0.0833 e. The van der Waals surface area contributed by atoms with Crippen molar-refractivity contribution in [2.45, 2.75) is 52.6 Å². The predicted octanol–water partition coefficient (Wildman–Crippen LogP) is 3.14. The molecule has 13 heavy (non-hydrogen) atoms. The summed E-state index contributed by atoms with van der Waals surface area (Å²) in [5, 5.41) is 10.2. The lowest BCUT2D eigenvalue weighted by atomic mass is 9.76. The Morgan fingerprint density at radius 2 is 2.08 bits per heavy atom. The van der Waals surface area contributed by atoms with E-state index in [1.165, 1.54) is 0 Å². The van der Waals surface area contributed by atoms with Crippen molar-refractivity contribution >= 4 is 0 Å². The molecule has 0 aromatic rings. The lowest BCUT2D eigenvalue weighted by molar-refractivity contribution is 0.0294. The molecule has 0 heterocycles. The number of allylic oxidation sites excluding steroid dienone is 1. The third-order valence-corrected chi connectivity index (χ3v) is 2.60. The van der Waals surface area contributed by atoms with Crippen LogP contribution in [0.25, 0.3) is 0 Å². The van der Waals surface area contributed by atoms with Crippen LogP contribution in [0.15, 0.2) is 12.2 Å². The van der Waals surface area contributed by atoms with Gasteiger partial charge in [-0.15, -0.1) is 0 Å². The highest BCUT2D eigenvalue weighted by atomic mass is 16.3. The second-order valence-corrected chi connectivity index (χ2v) is 5.72. The summed E-state index contributed by atoms with van der Waals surface area (Å²) in [6, 6.07) is 0. The molecule has 1 nitrogen and oxygen atoms in total. The Bertz CT molecular complexity index is 200. The first-order chi connectivity index (χ1) is 5.81. The number of aliphatic hydroxyl groups is 1. The molecule has 1 N–H and O–H groups in total. The smallest absolute Gasteiger partial charge is 0.0833 e. The fourth-order valence-corrected chi connectivity index (χ4v) is 2.07. The van der Waals surface area contributed by atoms with Gasteiger partial charge in [-0.2, -0.15) is 0 Å². The molecular weight excluding hydrogens is 160 g/mol. The van der Waals surface area contributed by atoms with Crippen LogP contribution in [0.3, 0.4) is 0 Å². The predicted molar refractivity (Wildman–Crippen MR) is 56.6 cm³/mol. The van der Waals surface area contributed by atoms with Crippen molar-refractivity contribution in [1.82, 2.24) is 0 Å². The Labute approximate surface area is 81.9 Å². The third-order valence-electron chi connectivity index (χ3n) is 2.60. The summed E-state index contributed by atoms with van der Waals surface area (Å²) in [4.78, 5) is 0. The minimum absolute atomic E-state index is 0.208. The van der Waals surface area contributed by atoms with Crippen LogP contribution >= 0.6 is 0 Å². The molecule has 0 aliphatic heterocycles. The number of hydrogen-bond acceptors (Lipinski definition) is 1. The van der Waals surface area contributed by atoms with Crippen molar-refractivity contribution in [2.24, 2.45) is 11.3 Å². The van der Waals surface area contributed by atoms with Crippen LogP contribution in [0.4, 0.5) is 0 Å². The van der Waals surface area contributed by atoms with Crippen LogP contribution in [-0.4, -0.2) is 10.7 Å². The highest BCUT2D eigenvalue weighted by molar-refractivity contribution is 5.08. The molecule has 0 amide bonds. The molecule has 1 rings (SSSR count). The van der Waals surface area contributed by atoms with Crippen molar-refractivity contribution in [3.05, 3.63) is 12.2 Å². The van der Waals surface area contributed by atoms with Crippen molar-refractivity contribution in [2.75, 3.05) is 0 Å². The van der Waals surface area contributed by atoms with Crippen molar-refractivity contribution in [3.8, 4) is 0 Å². The standard InChI is InChI=1S/C12H22O/c1-10-5-7-12(13,8-6-10)9-11(2,3)4/h5,7,10,13H,6,8-9H2,1-4H3. The first kappa shape index (κ1) is 10.8. The Balaban J connectivity index is 2.63. The van der Waals surface area contributed by atoms with Gasteiger partial charge in [0.25, 0.3) is 0 Å². The van der Waals surface area contributed by atoms with Gasteiger partial charge < -0.3 is 5.11 Å². The number of hydrogen-bond donors (Lipinski definition) is 1. The summed E-state index contributed by atoms with van der Waals surface area (Å²) < 4.78 is 0. The minimum atomic E-state index is -0.537. The van der Waals surface area contributed by atoms with Gasteiger partial charge in [0.05, 0.1) is 5.60 Å². The molecule has 2 atom stereocenters. The van der Waals surface area contributed by atoms with Crippen LogP contribution < -0.4 is 0 Å². The van der Waals surface area contributed by atoms with E-state index in [9.17, 15) is 5.11 Å². The van der Waals surface area contributed by atoms with Crippen LogP contribution in [0.1, 0.15) is 47.0 Å². The van der Waals surface area contributed by atoms with E-state index >= 15 is 0 Å². The lowest BCUT2D eigenvalue weighted by Crippen LogP contribution is -2.34. The van der Waals surface area contributed by atoms with E-state index < -0.39 is 5.60 Å². The summed E-state index contributed by atoms with van der Waals surface area (Å²) in [6.07, 6.45) is 7.05. The van der Waals surface area contributed by atoms with Crippen molar-refractivity contribution < 1.29 is 5.11 Å². The summed E-state index contributed by atoms with van der Waals surface area (Å²) in [5.41, 5.74) is -0.329. The van der Waals surface area contributed by atoms with Crippen LogP contribution in [-0.2, 0) is 0 Å². The van der Waals surface area contributed by atoms with E-state index in [4.69, 9.17) is 0 Å². The fraction of sp³-hybridized carbons (Fsp3) is 0.833. The van der Waals surface area contributed by atoms with Crippen molar-refractivity contribution in [1.29, 1.82) is 0 Å². The Morgan fingerprint density at radius 1 is 1.46 bits per heavy atom. The first-order valence-electron chi connectivity index (χ1n) is 5.23. The van der Waals surface area contributed by atoms with Gasteiger partial charge in [-0.1, -0.05) is 39.8 Å². The molecule has 0 spiro atoms.